The molecule has 0 amide bonds. The molecule has 0 N–H and O–H groups in total. The van der Waals surface area contributed by atoms with Gasteiger partial charge in [-0.3, -0.25) is 4.99 Å². The predicted molar refractivity (Wildman–Crippen MR) is 107 cm³/mol. The van der Waals surface area contributed by atoms with Crippen LogP contribution < -0.4 is 5.11 Å². The average molecular weight is 362 g/mol. The summed E-state index contributed by atoms with van der Waals surface area (Å²) in [5.74, 6) is 1.06. The Morgan fingerprint density at radius 1 is 1.31 bits per heavy atom. The maximum Gasteiger partial charge on any atom is 0.227 e. The van der Waals surface area contributed by atoms with Crippen molar-refractivity contribution in [1.82, 2.24) is 14.7 Å². The second-order valence-corrected chi connectivity index (χ2v) is 7.21. The van der Waals surface area contributed by atoms with Crippen molar-refractivity contribution in [2.75, 3.05) is 47.8 Å². The Hall–Kier alpha value is -1.89. The molecule has 0 aromatic rings. The molecule has 26 heavy (non-hydrogen) atoms. The number of likely N-dealkylation sites (tertiary alicyclic amines) is 1. The van der Waals surface area contributed by atoms with Crippen molar-refractivity contribution in [3.8, 4) is 0 Å². The SMILES string of the molecule is CCCCCN(C)C([O-])=C1C=NC(N(C)C2CCN(C)CC2)=NC1=NC. The van der Waals surface area contributed by atoms with Crippen LogP contribution in [0.3, 0.4) is 0 Å². The Balaban J connectivity index is 2.09. The van der Waals surface area contributed by atoms with Crippen LogP contribution in [0.4, 0.5) is 0 Å². The van der Waals surface area contributed by atoms with Crippen LogP contribution in [0.25, 0.3) is 0 Å². The minimum absolute atomic E-state index is 0.0600. The van der Waals surface area contributed by atoms with E-state index in [0.29, 0.717) is 23.4 Å². The highest BCUT2D eigenvalue weighted by Crippen LogP contribution is 2.18. The molecule has 0 spiro atoms. The van der Waals surface area contributed by atoms with E-state index in [1.807, 2.05) is 14.1 Å². The van der Waals surface area contributed by atoms with Gasteiger partial charge in [0.25, 0.3) is 0 Å². The predicted octanol–water partition coefficient (Wildman–Crippen LogP) is 1.18. The largest absolute Gasteiger partial charge is 0.860 e. The molecule has 0 bridgehead atoms. The van der Waals surface area contributed by atoms with Crippen molar-refractivity contribution in [3.63, 3.8) is 0 Å². The van der Waals surface area contributed by atoms with Crippen molar-refractivity contribution >= 4 is 18.0 Å². The first-order chi connectivity index (χ1) is 12.5. The Bertz CT molecular complexity index is 587. The molecule has 0 saturated carbocycles. The van der Waals surface area contributed by atoms with Crippen LogP contribution in [0, 0.1) is 0 Å². The molecule has 0 unspecified atom stereocenters. The fourth-order valence-electron chi connectivity index (χ4n) is 3.31. The first kappa shape index (κ1) is 20.4. The van der Waals surface area contributed by atoms with E-state index in [0.717, 1.165) is 51.7 Å². The van der Waals surface area contributed by atoms with Gasteiger partial charge in [-0.1, -0.05) is 19.8 Å². The highest BCUT2D eigenvalue weighted by molar-refractivity contribution is 6.23. The third kappa shape index (κ3) is 5.06. The average Bonchev–Trinajstić information content (AvgIpc) is 2.67. The van der Waals surface area contributed by atoms with Crippen LogP contribution in [0.2, 0.25) is 0 Å². The third-order valence-corrected chi connectivity index (χ3v) is 5.19. The van der Waals surface area contributed by atoms with Gasteiger partial charge in [0.15, 0.2) is 5.84 Å². The first-order valence-electron chi connectivity index (χ1n) is 9.61. The van der Waals surface area contributed by atoms with E-state index in [-0.39, 0.29) is 5.88 Å². The number of piperidine rings is 1. The van der Waals surface area contributed by atoms with E-state index < -0.39 is 0 Å². The van der Waals surface area contributed by atoms with Gasteiger partial charge in [-0.2, -0.15) is 4.99 Å². The number of guanidine groups is 1. The highest BCUT2D eigenvalue weighted by atomic mass is 16.3. The van der Waals surface area contributed by atoms with Gasteiger partial charge in [-0.05, 0) is 45.3 Å². The number of hydrogen-bond acceptors (Lipinski definition) is 6. The summed E-state index contributed by atoms with van der Waals surface area (Å²) in [5, 5.41) is 12.7. The van der Waals surface area contributed by atoms with Crippen LogP contribution >= 0.6 is 0 Å². The zero-order chi connectivity index (χ0) is 19.1. The van der Waals surface area contributed by atoms with Gasteiger partial charge in [-0.25, -0.2) is 4.99 Å². The molecule has 2 aliphatic heterocycles. The van der Waals surface area contributed by atoms with E-state index in [9.17, 15) is 5.11 Å². The maximum absolute atomic E-state index is 12.7. The van der Waals surface area contributed by atoms with E-state index in [1.165, 1.54) is 0 Å². The summed E-state index contributed by atoms with van der Waals surface area (Å²) in [7, 11) is 7.69. The molecule has 7 heteroatoms. The van der Waals surface area contributed by atoms with Crippen LogP contribution in [0.1, 0.15) is 39.0 Å². The highest BCUT2D eigenvalue weighted by Gasteiger charge is 2.25. The minimum Gasteiger partial charge on any atom is -0.860 e. The van der Waals surface area contributed by atoms with Gasteiger partial charge in [0, 0.05) is 45.5 Å². The van der Waals surface area contributed by atoms with E-state index in [2.05, 4.69) is 38.7 Å². The summed E-state index contributed by atoms with van der Waals surface area (Å²) in [4.78, 5) is 19.5. The number of hydrogen-bond donors (Lipinski definition) is 0. The summed E-state index contributed by atoms with van der Waals surface area (Å²) in [5.41, 5.74) is 0.479. The monoisotopic (exact) mass is 361 g/mol. The molecule has 0 atom stereocenters. The molecular formula is C19H33N6O-. The number of aliphatic imine (C=N–C) groups is 3. The van der Waals surface area contributed by atoms with E-state index in [4.69, 9.17) is 0 Å². The van der Waals surface area contributed by atoms with Gasteiger partial charge in [0.2, 0.25) is 5.96 Å². The second-order valence-electron chi connectivity index (χ2n) is 7.21. The van der Waals surface area contributed by atoms with Crippen molar-refractivity contribution in [2.45, 2.75) is 45.1 Å². The number of unbranched alkanes of at least 4 members (excludes halogenated alkanes) is 2. The fraction of sp³-hybridized carbons (Fsp3) is 0.737. The number of amidine groups is 1. The lowest BCUT2D eigenvalue weighted by molar-refractivity contribution is -0.331. The molecule has 146 valence electrons. The Labute approximate surface area is 157 Å². The summed E-state index contributed by atoms with van der Waals surface area (Å²) < 4.78 is 0. The quantitative estimate of drug-likeness (QED) is 0.526. The summed E-state index contributed by atoms with van der Waals surface area (Å²) in [6, 6.07) is 0.425. The van der Waals surface area contributed by atoms with Gasteiger partial charge in [0.1, 0.15) is 0 Å². The molecule has 2 aliphatic rings. The topological polar surface area (TPSA) is 69.9 Å². The maximum atomic E-state index is 12.7. The van der Waals surface area contributed by atoms with Gasteiger partial charge < -0.3 is 19.8 Å². The van der Waals surface area contributed by atoms with Gasteiger partial charge in [-0.15, -0.1) is 0 Å². The molecule has 2 heterocycles. The second kappa shape index (κ2) is 9.71. The molecule has 0 aromatic carbocycles. The molecule has 0 aliphatic carbocycles. The van der Waals surface area contributed by atoms with Crippen molar-refractivity contribution in [1.29, 1.82) is 0 Å². The zero-order valence-corrected chi connectivity index (χ0v) is 16.9. The summed E-state index contributed by atoms with van der Waals surface area (Å²) in [6.45, 7) is 5.06. The van der Waals surface area contributed by atoms with Crippen LogP contribution in [-0.4, -0.2) is 86.6 Å². The zero-order valence-electron chi connectivity index (χ0n) is 16.9. The Morgan fingerprint density at radius 2 is 2.00 bits per heavy atom. The molecule has 1 saturated heterocycles. The first-order valence-corrected chi connectivity index (χ1v) is 9.61. The van der Waals surface area contributed by atoms with Crippen molar-refractivity contribution in [3.05, 3.63) is 11.5 Å². The molecule has 2 rings (SSSR count). The van der Waals surface area contributed by atoms with Crippen molar-refractivity contribution in [2.24, 2.45) is 15.0 Å². The van der Waals surface area contributed by atoms with Gasteiger partial charge >= 0.3 is 0 Å². The Morgan fingerprint density at radius 3 is 2.62 bits per heavy atom. The molecule has 7 nitrogen and oxygen atoms in total. The smallest absolute Gasteiger partial charge is 0.227 e. The summed E-state index contributed by atoms with van der Waals surface area (Å²) >= 11 is 0. The molecular weight excluding hydrogens is 328 g/mol. The molecule has 1 fully saturated rings. The van der Waals surface area contributed by atoms with Crippen LogP contribution in [0.5, 0.6) is 0 Å². The fourth-order valence-corrected chi connectivity index (χ4v) is 3.31. The number of rotatable bonds is 6. The van der Waals surface area contributed by atoms with E-state index >= 15 is 0 Å². The third-order valence-electron chi connectivity index (χ3n) is 5.19. The van der Waals surface area contributed by atoms with Gasteiger partial charge in [0.05, 0.1) is 0 Å². The number of nitrogens with zero attached hydrogens (tertiary/aromatic N) is 6. The Kier molecular flexibility index (Phi) is 7.63. The van der Waals surface area contributed by atoms with E-state index in [1.54, 1.807) is 18.2 Å². The lowest BCUT2D eigenvalue weighted by Crippen LogP contribution is -2.45. The van der Waals surface area contributed by atoms with Crippen molar-refractivity contribution < 1.29 is 5.11 Å². The normalized spacial score (nSPS) is 22.5. The molecule has 0 radical (unpaired) electrons. The lowest BCUT2D eigenvalue weighted by atomic mass is 10.0. The van der Waals surface area contributed by atoms with Crippen LogP contribution in [-0.2, 0) is 0 Å². The lowest BCUT2D eigenvalue weighted by Gasteiger charge is -2.36. The minimum atomic E-state index is -0.0600. The standard InChI is InChI=1S/C19H34N6O/c1-6-7-8-11-24(4)18(26)16-14-21-19(22-17(16)20-2)25(5)15-9-12-23(3)13-10-15/h14-15,26H,6-13H2,1-5H3/p-1. The molecule has 0 aromatic heterocycles. The summed E-state index contributed by atoms with van der Waals surface area (Å²) in [6.07, 6.45) is 7.09. The van der Waals surface area contributed by atoms with Crippen LogP contribution in [0.15, 0.2) is 26.4 Å².